The molecule has 0 bridgehead atoms. The number of nitrogens with two attached hydrogens (primary N) is 1. The van der Waals surface area contributed by atoms with E-state index in [2.05, 4.69) is 27.6 Å². The third-order valence-electron chi connectivity index (χ3n) is 2.71. The average molecular weight is 275 g/mol. The van der Waals surface area contributed by atoms with Crippen molar-refractivity contribution in [2.45, 2.75) is 26.7 Å². The minimum Gasteiger partial charge on any atom is -0.340 e. The molecule has 0 atom stereocenters. The molecule has 0 unspecified atom stereocenters. The third-order valence-corrected chi connectivity index (χ3v) is 2.71. The molecule has 0 radical (unpaired) electrons. The molecule has 5 nitrogen and oxygen atoms in total. The molecule has 0 aliphatic rings. The van der Waals surface area contributed by atoms with E-state index < -0.39 is 0 Å². The van der Waals surface area contributed by atoms with Gasteiger partial charge in [-0.15, -0.1) is 0 Å². The molecule has 1 aromatic carbocycles. The molecule has 106 valence electrons. The summed E-state index contributed by atoms with van der Waals surface area (Å²) < 4.78 is 13.4. The van der Waals surface area contributed by atoms with Crippen LogP contribution < -0.4 is 16.6 Å². The first-order valence-electron chi connectivity index (χ1n) is 6.49. The Morgan fingerprint density at radius 1 is 1.15 bits per heavy atom. The van der Waals surface area contributed by atoms with Crippen LogP contribution in [0.2, 0.25) is 0 Å². The van der Waals surface area contributed by atoms with Crippen LogP contribution in [0.15, 0.2) is 24.3 Å². The highest BCUT2D eigenvalue weighted by molar-refractivity contribution is 5.59. The smallest absolute Gasteiger partial charge is 0.145 e. The first kappa shape index (κ1) is 14.2. The number of nitrogens with zero attached hydrogens (tertiary/aromatic N) is 2. The molecule has 2 rings (SSSR count). The van der Waals surface area contributed by atoms with Crippen molar-refractivity contribution in [1.82, 2.24) is 9.97 Å². The van der Waals surface area contributed by atoms with Crippen molar-refractivity contribution in [3.63, 3.8) is 0 Å². The topological polar surface area (TPSA) is 75.9 Å². The quantitative estimate of drug-likeness (QED) is 0.578. The van der Waals surface area contributed by atoms with Crippen LogP contribution in [0.5, 0.6) is 0 Å². The predicted molar refractivity (Wildman–Crippen MR) is 78.3 cm³/mol. The number of nitrogens with one attached hydrogen (secondary N) is 2. The van der Waals surface area contributed by atoms with Gasteiger partial charge in [0.1, 0.15) is 23.3 Å². The van der Waals surface area contributed by atoms with Gasteiger partial charge in [0.25, 0.3) is 0 Å². The van der Waals surface area contributed by atoms with Crippen molar-refractivity contribution >= 4 is 17.3 Å². The van der Waals surface area contributed by atoms with Crippen LogP contribution in [-0.4, -0.2) is 9.97 Å². The van der Waals surface area contributed by atoms with Gasteiger partial charge in [-0.1, -0.05) is 6.92 Å². The van der Waals surface area contributed by atoms with Crippen LogP contribution in [0, 0.1) is 12.7 Å². The van der Waals surface area contributed by atoms with E-state index in [9.17, 15) is 4.39 Å². The molecule has 0 amide bonds. The maximum absolute atomic E-state index is 13.4. The summed E-state index contributed by atoms with van der Waals surface area (Å²) >= 11 is 0. The highest BCUT2D eigenvalue weighted by Crippen LogP contribution is 2.20. The summed E-state index contributed by atoms with van der Waals surface area (Å²) in [6, 6.07) is 6.42. The van der Waals surface area contributed by atoms with Crippen molar-refractivity contribution in [3.8, 4) is 0 Å². The zero-order valence-electron chi connectivity index (χ0n) is 11.6. The minimum atomic E-state index is -0.285. The van der Waals surface area contributed by atoms with Crippen molar-refractivity contribution in [2.24, 2.45) is 5.84 Å². The molecule has 4 N–H and O–H groups in total. The standard InChI is InChI=1S/C14H18FN5/c1-3-4-12-18-13(8-14(19-12)20-16)17-11-6-9(2)5-10(15)7-11/h5-8H,3-4,16H2,1-2H3,(H2,17,18,19,20). The molecule has 6 heteroatoms. The molecule has 0 saturated heterocycles. The van der Waals surface area contributed by atoms with Gasteiger partial charge in [-0.2, -0.15) is 0 Å². The summed E-state index contributed by atoms with van der Waals surface area (Å²) in [5.41, 5.74) is 3.99. The molecule has 1 heterocycles. The SMILES string of the molecule is CCCc1nc(NN)cc(Nc2cc(C)cc(F)c2)n1. The lowest BCUT2D eigenvalue weighted by Crippen LogP contribution is -2.11. The van der Waals surface area contributed by atoms with Gasteiger partial charge in [-0.25, -0.2) is 20.2 Å². The van der Waals surface area contributed by atoms with Crippen molar-refractivity contribution in [3.05, 3.63) is 41.5 Å². The number of anilines is 3. The van der Waals surface area contributed by atoms with E-state index in [1.165, 1.54) is 12.1 Å². The molecular weight excluding hydrogens is 257 g/mol. The average Bonchev–Trinajstić information content (AvgIpc) is 2.37. The van der Waals surface area contributed by atoms with Crippen molar-refractivity contribution in [2.75, 3.05) is 10.7 Å². The maximum Gasteiger partial charge on any atom is 0.145 e. The summed E-state index contributed by atoms with van der Waals surface area (Å²) in [5.74, 6) is 6.92. The maximum atomic E-state index is 13.4. The number of benzene rings is 1. The van der Waals surface area contributed by atoms with E-state index >= 15 is 0 Å². The zero-order chi connectivity index (χ0) is 14.5. The van der Waals surface area contributed by atoms with Gasteiger partial charge in [0.15, 0.2) is 0 Å². The van der Waals surface area contributed by atoms with Crippen LogP contribution in [-0.2, 0) is 6.42 Å². The lowest BCUT2D eigenvalue weighted by atomic mass is 10.2. The van der Waals surface area contributed by atoms with Gasteiger partial charge >= 0.3 is 0 Å². The fourth-order valence-electron chi connectivity index (χ4n) is 1.93. The summed E-state index contributed by atoms with van der Waals surface area (Å²) in [6.45, 7) is 3.89. The van der Waals surface area contributed by atoms with Gasteiger partial charge in [0, 0.05) is 18.2 Å². The van der Waals surface area contributed by atoms with Crippen LogP contribution >= 0.6 is 0 Å². The zero-order valence-corrected chi connectivity index (χ0v) is 11.6. The highest BCUT2D eigenvalue weighted by Gasteiger charge is 2.05. The van der Waals surface area contributed by atoms with Gasteiger partial charge < -0.3 is 10.7 Å². The molecule has 0 spiro atoms. The van der Waals surface area contributed by atoms with Crippen LogP contribution in [0.4, 0.5) is 21.7 Å². The Hall–Kier alpha value is -2.21. The van der Waals surface area contributed by atoms with E-state index in [0.717, 1.165) is 18.4 Å². The predicted octanol–water partition coefficient (Wildman–Crippen LogP) is 2.91. The number of aromatic nitrogens is 2. The Morgan fingerprint density at radius 2 is 1.90 bits per heavy atom. The second-order valence-corrected chi connectivity index (χ2v) is 4.59. The van der Waals surface area contributed by atoms with E-state index in [-0.39, 0.29) is 5.82 Å². The highest BCUT2D eigenvalue weighted by atomic mass is 19.1. The molecule has 1 aromatic heterocycles. The number of hydrogen-bond acceptors (Lipinski definition) is 5. The van der Waals surface area contributed by atoms with Crippen molar-refractivity contribution < 1.29 is 4.39 Å². The van der Waals surface area contributed by atoms with E-state index in [1.807, 2.05) is 13.0 Å². The lowest BCUT2D eigenvalue weighted by molar-refractivity contribution is 0.627. The second-order valence-electron chi connectivity index (χ2n) is 4.59. The molecule has 20 heavy (non-hydrogen) atoms. The Morgan fingerprint density at radius 3 is 2.55 bits per heavy atom. The van der Waals surface area contributed by atoms with Gasteiger partial charge in [0.05, 0.1) is 0 Å². The monoisotopic (exact) mass is 275 g/mol. The second kappa shape index (κ2) is 6.29. The first-order chi connectivity index (χ1) is 9.60. The van der Waals surface area contributed by atoms with Crippen LogP contribution in [0.25, 0.3) is 0 Å². The molecular formula is C14H18FN5. The van der Waals surface area contributed by atoms with Crippen molar-refractivity contribution in [1.29, 1.82) is 0 Å². The summed E-state index contributed by atoms with van der Waals surface area (Å²) in [5, 5.41) is 3.07. The Kier molecular flexibility index (Phi) is 4.47. The third kappa shape index (κ3) is 3.64. The largest absolute Gasteiger partial charge is 0.340 e. The Balaban J connectivity index is 2.29. The number of hydrazine groups is 1. The number of halogens is 1. The molecule has 0 aliphatic heterocycles. The first-order valence-corrected chi connectivity index (χ1v) is 6.49. The number of nitrogen functional groups attached to an aromatic ring is 1. The molecule has 2 aromatic rings. The number of rotatable bonds is 5. The van der Waals surface area contributed by atoms with E-state index in [0.29, 0.717) is 23.1 Å². The Bertz CT molecular complexity index is 580. The summed E-state index contributed by atoms with van der Waals surface area (Å²) in [7, 11) is 0. The minimum absolute atomic E-state index is 0.285. The molecule has 0 saturated carbocycles. The van der Waals surface area contributed by atoms with Gasteiger partial charge in [-0.3, -0.25) is 0 Å². The van der Waals surface area contributed by atoms with E-state index in [1.54, 1.807) is 6.07 Å². The summed E-state index contributed by atoms with van der Waals surface area (Å²) in [4.78, 5) is 8.64. The molecule has 0 fully saturated rings. The van der Waals surface area contributed by atoms with Gasteiger partial charge in [-0.05, 0) is 37.1 Å². The normalized spacial score (nSPS) is 10.4. The van der Waals surface area contributed by atoms with Crippen LogP contribution in [0.3, 0.4) is 0 Å². The van der Waals surface area contributed by atoms with Gasteiger partial charge in [0.2, 0.25) is 0 Å². The van der Waals surface area contributed by atoms with E-state index in [4.69, 9.17) is 5.84 Å². The van der Waals surface area contributed by atoms with Crippen LogP contribution in [0.1, 0.15) is 24.7 Å². The fourth-order valence-corrected chi connectivity index (χ4v) is 1.93. The fraction of sp³-hybridized carbons (Fsp3) is 0.286. The molecule has 0 aliphatic carbocycles. The lowest BCUT2D eigenvalue weighted by Gasteiger charge is -2.10. The Labute approximate surface area is 117 Å². The number of aryl methyl sites for hydroxylation is 2. The summed E-state index contributed by atoms with van der Waals surface area (Å²) in [6.07, 6.45) is 1.69. The number of hydrogen-bond donors (Lipinski definition) is 3.